The molecule has 9 nitrogen and oxygen atoms in total. The normalized spacial score (nSPS) is 17.9. The van der Waals surface area contributed by atoms with Crippen LogP contribution in [0.4, 0.5) is 11.4 Å². The Morgan fingerprint density at radius 1 is 1.23 bits per heavy atom. The van der Waals surface area contributed by atoms with Crippen LogP contribution in [0.3, 0.4) is 0 Å². The summed E-state index contributed by atoms with van der Waals surface area (Å²) in [5, 5.41) is 12.1. The van der Waals surface area contributed by atoms with Gasteiger partial charge in [-0.2, -0.15) is 0 Å². The minimum absolute atomic E-state index is 0.0485. The zero-order valence-corrected chi connectivity index (χ0v) is 24.0. The number of nitro groups is 1. The maximum Gasteiger partial charge on any atom is 0.338 e. The second-order valence-corrected chi connectivity index (χ2v) is 11.5. The molecule has 0 amide bonds. The van der Waals surface area contributed by atoms with Gasteiger partial charge in [-0.15, -0.1) is 0 Å². The smallest absolute Gasteiger partial charge is 0.338 e. The van der Waals surface area contributed by atoms with E-state index in [4.69, 9.17) is 16.3 Å². The number of hydrogen-bond acceptors (Lipinski definition) is 8. The number of carbonyl (C=O) groups is 1. The van der Waals surface area contributed by atoms with Crippen LogP contribution in [0.5, 0.6) is 0 Å². The Morgan fingerprint density at radius 3 is 2.58 bits per heavy atom. The number of rotatable bonds is 6. The van der Waals surface area contributed by atoms with E-state index in [1.54, 1.807) is 50.3 Å². The van der Waals surface area contributed by atoms with Crippen molar-refractivity contribution in [1.82, 2.24) is 4.57 Å². The van der Waals surface area contributed by atoms with E-state index in [0.717, 1.165) is 31.6 Å². The molecule has 2 aliphatic heterocycles. The minimum atomic E-state index is -0.761. The fourth-order valence-electron chi connectivity index (χ4n) is 5.20. The Hall–Kier alpha value is -3.76. The van der Waals surface area contributed by atoms with E-state index in [-0.39, 0.29) is 23.4 Å². The number of anilines is 1. The SMILES string of the molecule is CCOC(=O)C1=C(C)N=c2s/c(=C/c3cc([N+](=O)[O-])ccc3N3CCC(C)CC3)c(=O)n2[C@H]1c1ccc(Cl)cc1. The highest BCUT2D eigenvalue weighted by Gasteiger charge is 2.33. The maximum absolute atomic E-state index is 14.0. The highest BCUT2D eigenvalue weighted by Crippen LogP contribution is 2.32. The summed E-state index contributed by atoms with van der Waals surface area (Å²) in [6.07, 6.45) is 3.75. The highest BCUT2D eigenvalue weighted by molar-refractivity contribution is 7.07. The van der Waals surface area contributed by atoms with E-state index in [1.165, 1.54) is 28.0 Å². The molecule has 208 valence electrons. The second kappa shape index (κ2) is 11.4. The van der Waals surface area contributed by atoms with Gasteiger partial charge in [-0.05, 0) is 62.4 Å². The van der Waals surface area contributed by atoms with Crippen molar-refractivity contribution in [2.24, 2.45) is 10.9 Å². The van der Waals surface area contributed by atoms with Crippen LogP contribution >= 0.6 is 22.9 Å². The molecule has 0 radical (unpaired) electrons. The van der Waals surface area contributed by atoms with Gasteiger partial charge >= 0.3 is 5.97 Å². The number of carbonyl (C=O) groups excluding carboxylic acids is 1. The largest absolute Gasteiger partial charge is 0.463 e. The van der Waals surface area contributed by atoms with Crippen LogP contribution in [0.15, 0.2) is 63.5 Å². The lowest BCUT2D eigenvalue weighted by Gasteiger charge is -2.33. The summed E-state index contributed by atoms with van der Waals surface area (Å²) in [5.74, 6) is 0.0735. The number of halogens is 1. The van der Waals surface area contributed by atoms with Crippen LogP contribution in [0.25, 0.3) is 6.08 Å². The summed E-state index contributed by atoms with van der Waals surface area (Å²) in [7, 11) is 0. The van der Waals surface area contributed by atoms with Crippen LogP contribution in [0.2, 0.25) is 5.02 Å². The number of fused-ring (bicyclic) bond motifs is 1. The molecule has 1 saturated heterocycles. The van der Waals surface area contributed by atoms with Gasteiger partial charge in [0.2, 0.25) is 0 Å². The maximum atomic E-state index is 14.0. The number of allylic oxidation sites excluding steroid dienone is 1. The van der Waals surface area contributed by atoms with Crippen molar-refractivity contribution in [1.29, 1.82) is 0 Å². The van der Waals surface area contributed by atoms with Crippen LogP contribution < -0.4 is 19.8 Å². The molecule has 0 aliphatic carbocycles. The molecule has 1 atom stereocenters. The number of benzene rings is 2. The van der Waals surface area contributed by atoms with Crippen molar-refractivity contribution in [2.75, 3.05) is 24.6 Å². The Labute approximate surface area is 239 Å². The van der Waals surface area contributed by atoms with Crippen molar-refractivity contribution in [2.45, 2.75) is 39.7 Å². The van der Waals surface area contributed by atoms with E-state index in [0.29, 0.717) is 37.1 Å². The summed E-state index contributed by atoms with van der Waals surface area (Å²) >= 11 is 7.32. The first-order chi connectivity index (χ1) is 19.2. The first-order valence-corrected chi connectivity index (χ1v) is 14.4. The van der Waals surface area contributed by atoms with Gasteiger partial charge in [-0.25, -0.2) is 9.79 Å². The molecule has 2 aromatic carbocycles. The first kappa shape index (κ1) is 27.8. The lowest BCUT2D eigenvalue weighted by molar-refractivity contribution is -0.384. The van der Waals surface area contributed by atoms with Crippen LogP contribution in [0, 0.1) is 16.0 Å². The van der Waals surface area contributed by atoms with E-state index in [2.05, 4.69) is 16.8 Å². The van der Waals surface area contributed by atoms with E-state index >= 15 is 0 Å². The molecule has 5 rings (SSSR count). The lowest BCUT2D eigenvalue weighted by Crippen LogP contribution is -2.40. The monoisotopic (exact) mass is 580 g/mol. The van der Waals surface area contributed by atoms with Gasteiger partial charge in [0, 0.05) is 41.5 Å². The van der Waals surface area contributed by atoms with Gasteiger partial charge in [0.15, 0.2) is 4.80 Å². The summed E-state index contributed by atoms with van der Waals surface area (Å²) in [6.45, 7) is 7.51. The molecule has 3 heterocycles. The zero-order chi connectivity index (χ0) is 28.6. The van der Waals surface area contributed by atoms with Crippen molar-refractivity contribution < 1.29 is 14.5 Å². The van der Waals surface area contributed by atoms with E-state index < -0.39 is 16.9 Å². The van der Waals surface area contributed by atoms with Crippen molar-refractivity contribution >= 4 is 46.4 Å². The van der Waals surface area contributed by atoms with Gasteiger partial charge in [0.1, 0.15) is 0 Å². The van der Waals surface area contributed by atoms with E-state index in [9.17, 15) is 19.7 Å². The number of thiazole rings is 1. The highest BCUT2D eigenvalue weighted by atomic mass is 35.5. The standard InChI is InChI=1S/C29H29ClN4O5S/c1-4-39-28(36)25-18(3)31-29-33(26(25)19-5-7-21(30)8-6-19)27(35)24(40-29)16-20-15-22(34(37)38)9-10-23(20)32-13-11-17(2)12-14-32/h5-10,15-17,26H,4,11-14H2,1-3H3/b24-16+/t26-/m0/s1. The molecule has 0 N–H and O–H groups in total. The molecular formula is C29H29ClN4O5S. The molecule has 40 heavy (non-hydrogen) atoms. The third kappa shape index (κ3) is 5.33. The van der Waals surface area contributed by atoms with Crippen molar-refractivity contribution in [3.63, 3.8) is 0 Å². The molecule has 3 aromatic rings. The van der Waals surface area contributed by atoms with E-state index in [1.807, 2.05) is 0 Å². The third-order valence-corrected chi connectivity index (χ3v) is 8.57. The fourth-order valence-corrected chi connectivity index (χ4v) is 6.37. The number of hydrogen-bond donors (Lipinski definition) is 0. The predicted octanol–water partition coefficient (Wildman–Crippen LogP) is 4.60. The Balaban J connectivity index is 1.70. The van der Waals surface area contributed by atoms with Crippen molar-refractivity contribution in [3.8, 4) is 0 Å². The van der Waals surface area contributed by atoms with Gasteiger partial charge in [-0.1, -0.05) is 42.0 Å². The number of piperidine rings is 1. The van der Waals surface area contributed by atoms with Crippen LogP contribution in [-0.2, 0) is 9.53 Å². The molecular weight excluding hydrogens is 552 g/mol. The van der Waals surface area contributed by atoms with Gasteiger partial charge in [0.05, 0.1) is 33.4 Å². The number of aromatic nitrogens is 1. The second-order valence-electron chi connectivity index (χ2n) is 10.0. The summed E-state index contributed by atoms with van der Waals surface area (Å²) in [6, 6.07) is 11.0. The van der Waals surface area contributed by atoms with Gasteiger partial charge in [-0.3, -0.25) is 19.5 Å². The Bertz CT molecular complexity index is 1680. The first-order valence-electron chi connectivity index (χ1n) is 13.2. The van der Waals surface area contributed by atoms with Gasteiger partial charge < -0.3 is 9.64 Å². The molecule has 0 spiro atoms. The number of ether oxygens (including phenoxy) is 1. The number of nitrogens with zero attached hydrogens (tertiary/aromatic N) is 4. The predicted molar refractivity (Wildman–Crippen MR) is 156 cm³/mol. The fraction of sp³-hybridized carbons (Fsp3) is 0.345. The molecule has 0 unspecified atom stereocenters. The number of nitro benzene ring substituents is 1. The molecule has 2 aliphatic rings. The summed E-state index contributed by atoms with van der Waals surface area (Å²) in [4.78, 5) is 45.5. The minimum Gasteiger partial charge on any atom is -0.463 e. The lowest BCUT2D eigenvalue weighted by atomic mass is 9.96. The quantitative estimate of drug-likeness (QED) is 0.240. The molecule has 0 saturated carbocycles. The average Bonchev–Trinajstić information content (AvgIpc) is 3.23. The Kier molecular flexibility index (Phi) is 7.91. The molecule has 0 bridgehead atoms. The molecule has 1 aromatic heterocycles. The van der Waals surface area contributed by atoms with Crippen molar-refractivity contribution in [3.05, 3.63) is 99.7 Å². The number of esters is 1. The Morgan fingerprint density at radius 2 is 1.93 bits per heavy atom. The average molecular weight is 581 g/mol. The van der Waals surface area contributed by atoms with Crippen LogP contribution in [0.1, 0.15) is 50.8 Å². The zero-order valence-electron chi connectivity index (χ0n) is 22.4. The molecule has 11 heteroatoms. The number of non-ortho nitro benzene ring substituents is 1. The molecule has 1 fully saturated rings. The van der Waals surface area contributed by atoms with Gasteiger partial charge in [0.25, 0.3) is 11.2 Å². The summed E-state index contributed by atoms with van der Waals surface area (Å²) < 4.78 is 7.20. The third-order valence-electron chi connectivity index (χ3n) is 7.34. The van der Waals surface area contributed by atoms with Crippen LogP contribution in [-0.4, -0.2) is 35.2 Å². The summed E-state index contributed by atoms with van der Waals surface area (Å²) in [5.41, 5.74) is 2.48. The topological polar surface area (TPSA) is 107 Å².